The van der Waals surface area contributed by atoms with Gasteiger partial charge in [-0.1, -0.05) is 35.0 Å². The number of carbonyl (C=O) groups excluding carboxylic acids is 2. The maximum atomic E-state index is 12.8. The van der Waals surface area contributed by atoms with Gasteiger partial charge in [0.15, 0.2) is 18.2 Å². The molecule has 1 aromatic carbocycles. The van der Waals surface area contributed by atoms with E-state index in [0.717, 1.165) is 30.6 Å². The van der Waals surface area contributed by atoms with Crippen molar-refractivity contribution in [1.29, 1.82) is 0 Å². The minimum atomic E-state index is -0.884. The molecule has 5 aliphatic heterocycles. The zero-order chi connectivity index (χ0) is 23.2. The standard InChI is InChI=1S/C24H28BrNO7/c1-13-8-9-17-23(3,25)20(29-12-26-18(27)14-6-4-5-7-15(14)19(26)28)30-21-24(17)16(13)10-11-22(2,31-21)32-33-24/h4-7,13,16-17,20-21H,8-12H2,1-3H3/t13-,16+,17+,20+,21-,22-,23?,24-/m1/s1. The highest BCUT2D eigenvalue weighted by Gasteiger charge is 2.72. The second-order valence-electron chi connectivity index (χ2n) is 10.4. The molecule has 5 heterocycles. The first kappa shape index (κ1) is 22.1. The molecule has 1 unspecified atom stereocenters. The first-order valence-electron chi connectivity index (χ1n) is 11.6. The van der Waals surface area contributed by atoms with Gasteiger partial charge in [0.2, 0.25) is 5.79 Å². The van der Waals surface area contributed by atoms with Crippen molar-refractivity contribution >= 4 is 27.7 Å². The third kappa shape index (κ3) is 2.99. The molecule has 4 saturated heterocycles. The van der Waals surface area contributed by atoms with E-state index in [1.165, 1.54) is 0 Å². The van der Waals surface area contributed by atoms with Gasteiger partial charge < -0.3 is 14.2 Å². The highest BCUT2D eigenvalue weighted by atomic mass is 79.9. The van der Waals surface area contributed by atoms with Crippen LogP contribution in [0.3, 0.4) is 0 Å². The molecule has 7 rings (SSSR count). The van der Waals surface area contributed by atoms with Gasteiger partial charge in [-0.25, -0.2) is 14.7 Å². The van der Waals surface area contributed by atoms with Gasteiger partial charge in [0.25, 0.3) is 11.8 Å². The second-order valence-corrected chi connectivity index (χ2v) is 12.1. The Morgan fingerprint density at radius 3 is 2.48 bits per heavy atom. The number of amides is 2. The third-order valence-electron chi connectivity index (χ3n) is 8.34. The summed E-state index contributed by atoms with van der Waals surface area (Å²) < 4.78 is 18.3. The molecule has 1 spiro atoms. The summed E-state index contributed by atoms with van der Waals surface area (Å²) in [6, 6.07) is 6.80. The van der Waals surface area contributed by atoms with E-state index < -0.39 is 28.3 Å². The summed E-state index contributed by atoms with van der Waals surface area (Å²) in [6.45, 7) is 5.94. The Labute approximate surface area is 200 Å². The molecular formula is C24H28BrNO7. The zero-order valence-electron chi connectivity index (χ0n) is 18.9. The summed E-state index contributed by atoms with van der Waals surface area (Å²) in [6.07, 6.45) is 2.15. The Morgan fingerprint density at radius 1 is 1.09 bits per heavy atom. The maximum Gasteiger partial charge on any atom is 0.263 e. The number of ether oxygens (including phenoxy) is 3. The molecule has 1 saturated carbocycles. The lowest BCUT2D eigenvalue weighted by molar-refractivity contribution is -0.575. The number of hydrogen-bond acceptors (Lipinski definition) is 7. The van der Waals surface area contributed by atoms with Crippen molar-refractivity contribution in [1.82, 2.24) is 4.90 Å². The Hall–Kier alpha value is -1.36. The number of nitrogens with zero attached hydrogens (tertiary/aromatic N) is 1. The minimum Gasteiger partial charge on any atom is -0.330 e. The van der Waals surface area contributed by atoms with Crippen LogP contribution in [0.25, 0.3) is 0 Å². The third-order valence-corrected chi connectivity index (χ3v) is 9.27. The van der Waals surface area contributed by atoms with E-state index in [2.05, 4.69) is 22.9 Å². The average molecular weight is 522 g/mol. The van der Waals surface area contributed by atoms with Crippen LogP contribution in [-0.4, -0.2) is 51.7 Å². The second kappa shape index (κ2) is 7.32. The Kier molecular flexibility index (Phi) is 4.91. The normalized spacial score (nSPS) is 46.2. The van der Waals surface area contributed by atoms with Gasteiger partial charge in [0, 0.05) is 12.3 Å². The van der Waals surface area contributed by atoms with Crippen molar-refractivity contribution < 1.29 is 33.6 Å². The molecule has 2 amide bonds. The van der Waals surface area contributed by atoms with Crippen molar-refractivity contribution in [2.24, 2.45) is 17.8 Å². The lowest BCUT2D eigenvalue weighted by atomic mass is 9.58. The molecule has 0 N–H and O–H groups in total. The Bertz CT molecular complexity index is 981. The Balaban J connectivity index is 1.28. The van der Waals surface area contributed by atoms with Gasteiger partial charge in [-0.3, -0.25) is 9.59 Å². The van der Waals surface area contributed by atoms with E-state index in [0.29, 0.717) is 17.0 Å². The van der Waals surface area contributed by atoms with E-state index in [-0.39, 0.29) is 30.4 Å². The van der Waals surface area contributed by atoms with Crippen molar-refractivity contribution in [3.05, 3.63) is 35.4 Å². The summed E-state index contributed by atoms with van der Waals surface area (Å²) in [5, 5.41) is 0. The zero-order valence-corrected chi connectivity index (χ0v) is 20.5. The van der Waals surface area contributed by atoms with Crippen molar-refractivity contribution in [3.8, 4) is 0 Å². The minimum absolute atomic E-state index is 0.0141. The summed E-state index contributed by atoms with van der Waals surface area (Å²) in [7, 11) is 0. The lowest BCUT2D eigenvalue weighted by Gasteiger charge is -2.62. The number of benzene rings is 1. The van der Waals surface area contributed by atoms with Crippen LogP contribution in [0.4, 0.5) is 0 Å². The number of halogens is 1. The van der Waals surface area contributed by atoms with E-state index in [1.807, 2.05) is 13.8 Å². The first-order valence-corrected chi connectivity index (χ1v) is 12.4. The van der Waals surface area contributed by atoms with E-state index in [9.17, 15) is 9.59 Å². The highest BCUT2D eigenvalue weighted by molar-refractivity contribution is 9.10. The van der Waals surface area contributed by atoms with Crippen LogP contribution in [-0.2, 0) is 24.0 Å². The average Bonchev–Trinajstić information content (AvgIpc) is 2.90. The van der Waals surface area contributed by atoms with Crippen LogP contribution < -0.4 is 0 Å². The van der Waals surface area contributed by atoms with Crippen molar-refractivity contribution in [3.63, 3.8) is 0 Å². The molecule has 1 aromatic rings. The van der Waals surface area contributed by atoms with Crippen molar-refractivity contribution in [2.75, 3.05) is 6.73 Å². The number of imide groups is 1. The van der Waals surface area contributed by atoms with Gasteiger partial charge in [-0.15, -0.1) is 0 Å². The molecule has 8 atom stereocenters. The summed E-state index contributed by atoms with van der Waals surface area (Å²) >= 11 is 3.90. The molecule has 0 radical (unpaired) electrons. The summed E-state index contributed by atoms with van der Waals surface area (Å²) in [5.74, 6) is -0.956. The molecular weight excluding hydrogens is 494 g/mol. The van der Waals surface area contributed by atoms with Crippen LogP contribution in [0.1, 0.15) is 67.2 Å². The monoisotopic (exact) mass is 521 g/mol. The van der Waals surface area contributed by atoms with Gasteiger partial charge in [0.1, 0.15) is 6.73 Å². The predicted molar refractivity (Wildman–Crippen MR) is 118 cm³/mol. The maximum absolute atomic E-state index is 12.8. The number of carbonyl (C=O) groups is 2. The summed E-state index contributed by atoms with van der Waals surface area (Å²) in [4.78, 5) is 38.7. The molecule has 5 fully saturated rings. The Morgan fingerprint density at radius 2 is 1.79 bits per heavy atom. The van der Waals surface area contributed by atoms with Gasteiger partial charge in [-0.2, -0.15) is 0 Å². The molecule has 9 heteroatoms. The van der Waals surface area contributed by atoms with E-state index in [1.54, 1.807) is 24.3 Å². The van der Waals surface area contributed by atoms with Crippen LogP contribution in [0.15, 0.2) is 24.3 Å². The van der Waals surface area contributed by atoms with Crippen molar-refractivity contribution in [2.45, 2.75) is 74.7 Å². The quantitative estimate of drug-likeness (QED) is 0.338. The van der Waals surface area contributed by atoms with E-state index >= 15 is 0 Å². The predicted octanol–water partition coefficient (Wildman–Crippen LogP) is 3.98. The highest BCUT2D eigenvalue weighted by Crippen LogP contribution is 2.63. The van der Waals surface area contributed by atoms with Crippen LogP contribution in [0.5, 0.6) is 0 Å². The fourth-order valence-corrected chi connectivity index (χ4v) is 7.38. The fourth-order valence-electron chi connectivity index (χ4n) is 6.55. The summed E-state index contributed by atoms with van der Waals surface area (Å²) in [5.41, 5.74) is 0.0350. The number of hydrogen-bond donors (Lipinski definition) is 0. The molecule has 1 aliphatic carbocycles. The lowest BCUT2D eigenvalue weighted by Crippen LogP contribution is -2.74. The van der Waals surface area contributed by atoms with Crippen LogP contribution >= 0.6 is 15.9 Å². The fraction of sp³-hybridized carbons (Fsp3) is 0.667. The van der Waals surface area contributed by atoms with E-state index in [4.69, 9.17) is 24.0 Å². The van der Waals surface area contributed by atoms with Crippen LogP contribution in [0.2, 0.25) is 0 Å². The molecule has 2 bridgehead atoms. The molecule has 33 heavy (non-hydrogen) atoms. The number of fused-ring (bicyclic) bond motifs is 3. The van der Waals surface area contributed by atoms with Gasteiger partial charge >= 0.3 is 0 Å². The van der Waals surface area contributed by atoms with Gasteiger partial charge in [0.05, 0.1) is 15.5 Å². The molecule has 0 aromatic heterocycles. The number of alkyl halides is 1. The smallest absolute Gasteiger partial charge is 0.263 e. The SMILES string of the molecule is C[C@@H]1CC[C@H]2C(C)(Br)[C@@H](OCN3C(=O)c4ccccc4C3=O)O[C@@H]3O[C@@]4(C)CC[C@@H]1[C@]32OO4. The topological polar surface area (TPSA) is 83.5 Å². The largest absolute Gasteiger partial charge is 0.330 e. The van der Waals surface area contributed by atoms with Gasteiger partial charge in [-0.05, 0) is 57.1 Å². The molecule has 6 aliphatic rings. The first-order chi connectivity index (χ1) is 15.7. The molecule has 178 valence electrons. The van der Waals surface area contributed by atoms with Crippen LogP contribution in [0, 0.1) is 17.8 Å². The number of rotatable bonds is 3. The molecule has 8 nitrogen and oxygen atoms in total.